The average Bonchev–Trinajstić information content (AvgIpc) is 0.781. The number of hydrogen-bond donors (Lipinski definition) is 12. The molecule has 0 aliphatic carbocycles. The van der Waals surface area contributed by atoms with Crippen LogP contribution in [0.3, 0.4) is 0 Å². The van der Waals surface area contributed by atoms with Crippen molar-refractivity contribution in [2.75, 3.05) is 26.4 Å². The fourth-order valence-electron chi connectivity index (χ4n) is 14.4. The molecule has 3 saturated heterocycles. The third kappa shape index (κ3) is 44.3. The summed E-state index contributed by atoms with van der Waals surface area (Å²) in [6, 6.07) is -0.886. The molecule has 0 aromatic carbocycles. The molecule has 3 rings (SSSR count). The third-order valence-corrected chi connectivity index (χ3v) is 21.2. The van der Waals surface area contributed by atoms with Gasteiger partial charge in [-0.2, -0.15) is 0 Å². The van der Waals surface area contributed by atoms with Gasteiger partial charge in [-0.15, -0.1) is 0 Å². The van der Waals surface area contributed by atoms with E-state index in [0.29, 0.717) is 12.8 Å². The Morgan fingerprint density at radius 3 is 1.05 bits per heavy atom. The first-order chi connectivity index (χ1) is 50.3. The second-order valence-corrected chi connectivity index (χ2v) is 30.3. The van der Waals surface area contributed by atoms with Crippen LogP contribution in [-0.4, -0.2) is 193 Å². The summed E-state index contributed by atoms with van der Waals surface area (Å²) in [6.45, 7) is 1.74. The Kier molecular flexibility index (Phi) is 59.5. The van der Waals surface area contributed by atoms with Gasteiger partial charge < -0.3 is 89.9 Å². The van der Waals surface area contributed by atoms with Crippen molar-refractivity contribution in [3.63, 3.8) is 0 Å². The van der Waals surface area contributed by atoms with E-state index in [-0.39, 0.29) is 18.9 Å². The molecule has 103 heavy (non-hydrogen) atoms. The summed E-state index contributed by atoms with van der Waals surface area (Å²) in [6.07, 6.45) is 55.1. The lowest BCUT2D eigenvalue weighted by Crippen LogP contribution is -2.66. The minimum Gasteiger partial charge on any atom is -0.394 e. The number of allylic oxidation sites excluding steroid dienone is 8. The number of rotatable bonds is 68. The van der Waals surface area contributed by atoms with Gasteiger partial charge in [-0.1, -0.05) is 339 Å². The highest BCUT2D eigenvalue weighted by atomic mass is 16.8. The Labute approximate surface area is 624 Å². The van der Waals surface area contributed by atoms with E-state index in [9.17, 15) is 61.0 Å². The minimum atomic E-state index is -1.97. The van der Waals surface area contributed by atoms with E-state index in [1.165, 1.54) is 244 Å². The molecular formula is C84H155NO18. The summed E-state index contributed by atoms with van der Waals surface area (Å²) in [5, 5.41) is 121. The van der Waals surface area contributed by atoms with Crippen LogP contribution in [0.5, 0.6) is 0 Å². The molecule has 1 amide bonds. The predicted octanol–water partition coefficient (Wildman–Crippen LogP) is 14.8. The molecule has 0 saturated carbocycles. The van der Waals surface area contributed by atoms with E-state index >= 15 is 0 Å². The first kappa shape index (κ1) is 95.0. The molecule has 19 nitrogen and oxygen atoms in total. The van der Waals surface area contributed by atoms with Gasteiger partial charge in [0.2, 0.25) is 5.91 Å². The number of carbonyl (C=O) groups is 1. The number of aliphatic hydroxyl groups excluding tert-OH is 11. The van der Waals surface area contributed by atoms with Gasteiger partial charge in [0.15, 0.2) is 18.9 Å². The van der Waals surface area contributed by atoms with Crippen molar-refractivity contribution in [2.24, 2.45) is 0 Å². The Bertz CT molecular complexity index is 2050. The van der Waals surface area contributed by atoms with Gasteiger partial charge in [0, 0.05) is 6.42 Å². The van der Waals surface area contributed by atoms with Gasteiger partial charge in [-0.05, 0) is 51.4 Å². The maximum atomic E-state index is 13.5. The summed E-state index contributed by atoms with van der Waals surface area (Å²) < 4.78 is 34.5. The van der Waals surface area contributed by atoms with Gasteiger partial charge in [0.1, 0.15) is 73.2 Å². The first-order valence-corrected chi connectivity index (χ1v) is 42.4. The highest BCUT2D eigenvalue weighted by Crippen LogP contribution is 2.33. The zero-order valence-corrected chi connectivity index (χ0v) is 64.8. The van der Waals surface area contributed by atoms with Gasteiger partial charge in [0.25, 0.3) is 0 Å². The summed E-state index contributed by atoms with van der Waals surface area (Å²) in [5.74, 6) is -0.235. The number of aliphatic hydroxyl groups is 11. The SMILES string of the molecule is CC/C=C\C/C=C\C/C=C\C/C=C\CCCCCCCCCCCCCCCCCCCCCCCCCCCCC(=O)NC(COC1OC(CO)C(OC2OC(CO)C(OC3OC(CO)C(O)C(O)C3O)C(O)C2O)C(O)C1O)C(O)CCCCCCCCCCCCCCCCCCCCC. The first-order valence-electron chi connectivity index (χ1n) is 42.4. The smallest absolute Gasteiger partial charge is 0.220 e. The van der Waals surface area contributed by atoms with E-state index in [1.807, 2.05) is 0 Å². The molecular weight excluding hydrogens is 1310 g/mol. The molecule has 3 fully saturated rings. The Morgan fingerprint density at radius 2 is 0.670 bits per heavy atom. The van der Waals surface area contributed by atoms with Crippen molar-refractivity contribution in [1.82, 2.24) is 5.32 Å². The molecule has 0 aromatic heterocycles. The molecule has 3 aliphatic rings. The largest absolute Gasteiger partial charge is 0.394 e. The van der Waals surface area contributed by atoms with Crippen LogP contribution in [0.2, 0.25) is 0 Å². The van der Waals surface area contributed by atoms with E-state index in [2.05, 4.69) is 67.8 Å². The number of amides is 1. The van der Waals surface area contributed by atoms with Gasteiger partial charge in [-0.3, -0.25) is 4.79 Å². The van der Waals surface area contributed by atoms with Gasteiger partial charge >= 0.3 is 0 Å². The van der Waals surface area contributed by atoms with Crippen LogP contribution in [-0.2, 0) is 33.2 Å². The zero-order chi connectivity index (χ0) is 74.6. The lowest BCUT2D eigenvalue weighted by atomic mass is 9.96. The second kappa shape index (κ2) is 64.6. The summed E-state index contributed by atoms with van der Waals surface area (Å²) >= 11 is 0. The monoisotopic (exact) mass is 1470 g/mol. The van der Waals surface area contributed by atoms with Crippen LogP contribution < -0.4 is 5.32 Å². The van der Waals surface area contributed by atoms with Crippen molar-refractivity contribution in [1.29, 1.82) is 0 Å². The van der Waals surface area contributed by atoms with E-state index in [1.54, 1.807) is 0 Å². The van der Waals surface area contributed by atoms with Crippen molar-refractivity contribution in [3.05, 3.63) is 48.6 Å². The summed E-state index contributed by atoms with van der Waals surface area (Å²) in [7, 11) is 0. The highest BCUT2D eigenvalue weighted by molar-refractivity contribution is 5.76. The fourth-order valence-corrected chi connectivity index (χ4v) is 14.4. The maximum absolute atomic E-state index is 13.5. The minimum absolute atomic E-state index is 0.235. The molecule has 0 aromatic rings. The quantitative estimate of drug-likeness (QED) is 0.0199. The molecule has 17 atom stereocenters. The third-order valence-electron chi connectivity index (χ3n) is 21.2. The maximum Gasteiger partial charge on any atom is 0.220 e. The van der Waals surface area contributed by atoms with Crippen LogP contribution in [0.25, 0.3) is 0 Å². The number of ether oxygens (including phenoxy) is 6. The van der Waals surface area contributed by atoms with Crippen molar-refractivity contribution >= 4 is 5.91 Å². The topological polar surface area (TPSA) is 307 Å². The number of carbonyl (C=O) groups excluding carboxylic acids is 1. The number of unbranched alkanes of at least 4 members (excludes halogenated alkanes) is 44. The standard InChI is InChI=1S/C84H155NO18/c1-3-5-7-9-11-13-15-17-19-21-23-24-25-26-27-28-29-30-31-32-33-34-35-36-37-38-39-40-41-42-44-46-48-50-52-54-56-58-60-62-72(90)85-67(68(89)61-59-57-55-53-51-49-47-45-43-22-20-18-16-14-12-10-8-6-4-2)66-98-82-78(96)75(93)80(70(64-87)100-82)103-84-79(97)76(94)81(71(65-88)101-84)102-83-77(95)74(92)73(91)69(63-86)99-83/h5,7,11,13,17,19,23-24,67-71,73-84,86-89,91-97H,3-4,6,8-10,12,14-16,18,20-22,25-66H2,1-2H3,(H,85,90)/b7-5-,13-11-,19-17-,24-23-. The van der Waals surface area contributed by atoms with Gasteiger partial charge in [0.05, 0.1) is 38.6 Å². The lowest BCUT2D eigenvalue weighted by Gasteiger charge is -2.48. The second-order valence-electron chi connectivity index (χ2n) is 30.3. The fraction of sp³-hybridized carbons (Fsp3) is 0.893. The highest BCUT2D eigenvalue weighted by Gasteiger charge is 2.54. The lowest BCUT2D eigenvalue weighted by molar-refractivity contribution is -0.379. The Morgan fingerprint density at radius 1 is 0.359 bits per heavy atom. The van der Waals surface area contributed by atoms with E-state index < -0.39 is 124 Å². The summed E-state index contributed by atoms with van der Waals surface area (Å²) in [4.78, 5) is 13.5. The zero-order valence-electron chi connectivity index (χ0n) is 64.8. The molecule has 604 valence electrons. The number of hydrogen-bond acceptors (Lipinski definition) is 18. The summed E-state index contributed by atoms with van der Waals surface area (Å²) in [5.41, 5.74) is 0. The van der Waals surface area contributed by atoms with Crippen LogP contribution >= 0.6 is 0 Å². The molecule has 19 heteroatoms. The Balaban J connectivity index is 1.29. The molecule has 0 radical (unpaired) electrons. The molecule has 12 N–H and O–H groups in total. The van der Waals surface area contributed by atoms with Crippen molar-refractivity contribution in [2.45, 2.75) is 452 Å². The van der Waals surface area contributed by atoms with E-state index in [0.717, 1.165) is 70.6 Å². The normalized spacial score (nSPS) is 26.2. The van der Waals surface area contributed by atoms with Crippen LogP contribution in [0, 0.1) is 0 Å². The predicted molar refractivity (Wildman–Crippen MR) is 411 cm³/mol. The Hall–Kier alpha value is -2.25. The number of nitrogens with one attached hydrogen (secondary N) is 1. The van der Waals surface area contributed by atoms with Crippen molar-refractivity contribution < 1.29 is 89.4 Å². The average molecular weight is 1470 g/mol. The molecule has 3 aliphatic heterocycles. The molecule has 0 spiro atoms. The van der Waals surface area contributed by atoms with E-state index in [4.69, 9.17) is 28.4 Å². The van der Waals surface area contributed by atoms with Crippen LogP contribution in [0.4, 0.5) is 0 Å². The van der Waals surface area contributed by atoms with Crippen LogP contribution in [0.1, 0.15) is 348 Å². The van der Waals surface area contributed by atoms with Crippen molar-refractivity contribution in [3.8, 4) is 0 Å². The van der Waals surface area contributed by atoms with Crippen LogP contribution in [0.15, 0.2) is 48.6 Å². The van der Waals surface area contributed by atoms with Gasteiger partial charge in [-0.25, -0.2) is 0 Å². The molecule has 3 heterocycles. The molecule has 17 unspecified atom stereocenters. The molecule has 0 bridgehead atoms.